The van der Waals surface area contributed by atoms with Crippen molar-refractivity contribution in [2.75, 3.05) is 12.4 Å². The first kappa shape index (κ1) is 23.4. The van der Waals surface area contributed by atoms with Gasteiger partial charge in [-0.3, -0.25) is 4.79 Å². The van der Waals surface area contributed by atoms with E-state index in [0.717, 1.165) is 6.42 Å². The molecule has 30 heavy (non-hydrogen) atoms. The lowest BCUT2D eigenvalue weighted by atomic mass is 10.0. The summed E-state index contributed by atoms with van der Waals surface area (Å²) in [6.07, 6.45) is 12.7. The van der Waals surface area contributed by atoms with Crippen molar-refractivity contribution in [3.05, 3.63) is 53.3 Å². The number of carboxylic acids is 1. The van der Waals surface area contributed by atoms with Crippen molar-refractivity contribution in [3.8, 4) is 5.75 Å². The maximum absolute atomic E-state index is 12.4. The number of methoxy groups -OCH3 is 1. The normalized spacial score (nSPS) is 10.6. The second-order valence-corrected chi connectivity index (χ2v) is 7.46. The van der Waals surface area contributed by atoms with Gasteiger partial charge in [0.25, 0.3) is 5.91 Å². The summed E-state index contributed by atoms with van der Waals surface area (Å²) in [7, 11) is 1.34. The van der Waals surface area contributed by atoms with Crippen LogP contribution in [0.4, 0.5) is 5.69 Å². The Labute approximate surface area is 178 Å². The standard InChI is InChI=1S/C24H32N2O4/c1-3-4-5-6-7-8-9-10-11-18-12-14-20(15-13-18)26-23(27)19-16-21(30-2)22(24(28)29)25-17-19/h12-17H,3-11H2,1-2H3,(H,26,27)(H,28,29). The van der Waals surface area contributed by atoms with Crippen LogP contribution >= 0.6 is 0 Å². The van der Waals surface area contributed by atoms with Gasteiger partial charge >= 0.3 is 5.97 Å². The van der Waals surface area contributed by atoms with Gasteiger partial charge in [-0.25, -0.2) is 9.78 Å². The molecule has 0 aliphatic carbocycles. The van der Waals surface area contributed by atoms with Crippen molar-refractivity contribution in [1.29, 1.82) is 0 Å². The second-order valence-electron chi connectivity index (χ2n) is 7.46. The predicted molar refractivity (Wildman–Crippen MR) is 118 cm³/mol. The number of pyridine rings is 1. The smallest absolute Gasteiger partial charge is 0.358 e. The lowest BCUT2D eigenvalue weighted by Gasteiger charge is -2.09. The summed E-state index contributed by atoms with van der Waals surface area (Å²) >= 11 is 0. The maximum Gasteiger partial charge on any atom is 0.358 e. The van der Waals surface area contributed by atoms with Gasteiger partial charge in [-0.05, 0) is 36.6 Å². The number of amides is 1. The third-order valence-corrected chi connectivity index (χ3v) is 5.07. The number of nitrogens with one attached hydrogen (secondary N) is 1. The number of carboxylic acid groups (broad SMARTS) is 1. The Balaban J connectivity index is 1.80. The molecule has 6 heteroatoms. The van der Waals surface area contributed by atoms with Gasteiger partial charge in [0.05, 0.1) is 12.7 Å². The fourth-order valence-electron chi connectivity index (χ4n) is 3.31. The van der Waals surface area contributed by atoms with Crippen molar-refractivity contribution in [1.82, 2.24) is 4.98 Å². The Bertz CT molecular complexity index is 818. The first-order valence-electron chi connectivity index (χ1n) is 10.7. The molecule has 1 amide bonds. The van der Waals surface area contributed by atoms with Crippen LogP contribution in [0, 0.1) is 0 Å². The minimum Gasteiger partial charge on any atom is -0.494 e. The van der Waals surface area contributed by atoms with Crippen LogP contribution in [0.1, 0.15) is 84.7 Å². The molecule has 0 atom stereocenters. The fraction of sp³-hybridized carbons (Fsp3) is 0.458. The first-order chi connectivity index (χ1) is 14.5. The number of hydrogen-bond acceptors (Lipinski definition) is 4. The Hall–Kier alpha value is -2.89. The van der Waals surface area contributed by atoms with E-state index in [1.807, 2.05) is 24.3 Å². The number of benzene rings is 1. The summed E-state index contributed by atoms with van der Waals surface area (Å²) in [5.41, 5.74) is 1.95. The third kappa shape index (κ3) is 7.50. The Kier molecular flexibility index (Phi) is 9.84. The number of nitrogens with zero attached hydrogens (tertiary/aromatic N) is 1. The van der Waals surface area contributed by atoms with Crippen molar-refractivity contribution < 1.29 is 19.4 Å². The lowest BCUT2D eigenvalue weighted by Crippen LogP contribution is -2.14. The summed E-state index contributed by atoms with van der Waals surface area (Å²) in [5.74, 6) is -1.52. The minimum atomic E-state index is -1.20. The van der Waals surface area contributed by atoms with E-state index in [1.54, 1.807) is 0 Å². The van der Waals surface area contributed by atoms with E-state index < -0.39 is 5.97 Å². The molecule has 0 fully saturated rings. The van der Waals surface area contributed by atoms with Crippen LogP contribution in [0.25, 0.3) is 0 Å². The van der Waals surface area contributed by atoms with Gasteiger partial charge in [-0.1, -0.05) is 64.0 Å². The number of anilines is 1. The number of unbranched alkanes of at least 4 members (excludes halogenated alkanes) is 7. The highest BCUT2D eigenvalue weighted by molar-refractivity contribution is 6.04. The van der Waals surface area contributed by atoms with Gasteiger partial charge in [0.1, 0.15) is 0 Å². The summed E-state index contributed by atoms with van der Waals surface area (Å²) in [5, 5.41) is 11.9. The number of aromatic nitrogens is 1. The fourth-order valence-corrected chi connectivity index (χ4v) is 3.31. The molecule has 1 heterocycles. The van der Waals surface area contributed by atoms with Crippen LogP contribution in [0.2, 0.25) is 0 Å². The number of aromatic carboxylic acids is 1. The number of aryl methyl sites for hydroxylation is 1. The molecule has 0 aliphatic heterocycles. The number of carbonyl (C=O) groups excluding carboxylic acids is 1. The van der Waals surface area contributed by atoms with Crippen LogP contribution < -0.4 is 10.1 Å². The molecule has 0 radical (unpaired) electrons. The zero-order valence-electron chi connectivity index (χ0n) is 17.9. The average molecular weight is 413 g/mol. The molecule has 0 aliphatic rings. The van der Waals surface area contributed by atoms with E-state index in [4.69, 9.17) is 9.84 Å². The molecule has 0 spiro atoms. The van der Waals surface area contributed by atoms with E-state index >= 15 is 0 Å². The highest BCUT2D eigenvalue weighted by Gasteiger charge is 2.16. The molecule has 0 bridgehead atoms. The van der Waals surface area contributed by atoms with E-state index in [2.05, 4.69) is 17.2 Å². The summed E-state index contributed by atoms with van der Waals surface area (Å²) in [6.45, 7) is 2.24. The molecule has 2 rings (SSSR count). The second kappa shape index (κ2) is 12.6. The summed E-state index contributed by atoms with van der Waals surface area (Å²) in [6, 6.07) is 9.21. The van der Waals surface area contributed by atoms with Gasteiger partial charge in [0, 0.05) is 11.9 Å². The first-order valence-corrected chi connectivity index (χ1v) is 10.7. The van der Waals surface area contributed by atoms with Crippen LogP contribution in [0.3, 0.4) is 0 Å². The Morgan fingerprint density at radius 2 is 1.63 bits per heavy atom. The van der Waals surface area contributed by atoms with Gasteiger partial charge < -0.3 is 15.2 Å². The van der Waals surface area contributed by atoms with E-state index in [0.29, 0.717) is 5.69 Å². The highest BCUT2D eigenvalue weighted by atomic mass is 16.5. The molecule has 6 nitrogen and oxygen atoms in total. The topological polar surface area (TPSA) is 88.5 Å². The predicted octanol–water partition coefficient (Wildman–Crippen LogP) is 5.72. The number of rotatable bonds is 13. The minimum absolute atomic E-state index is 0.0517. The number of carbonyl (C=O) groups is 2. The van der Waals surface area contributed by atoms with Crippen LogP contribution in [-0.4, -0.2) is 29.1 Å². The van der Waals surface area contributed by atoms with E-state index in [1.165, 1.54) is 76.3 Å². The molecule has 2 N–H and O–H groups in total. The van der Waals surface area contributed by atoms with E-state index in [9.17, 15) is 9.59 Å². The molecule has 1 aromatic carbocycles. The molecular weight excluding hydrogens is 380 g/mol. The van der Waals surface area contributed by atoms with Gasteiger partial charge in [0.2, 0.25) is 0 Å². The monoisotopic (exact) mass is 412 g/mol. The van der Waals surface area contributed by atoms with Crippen LogP contribution in [0.15, 0.2) is 36.5 Å². The molecule has 1 aromatic heterocycles. The maximum atomic E-state index is 12.4. The van der Waals surface area contributed by atoms with Gasteiger partial charge in [-0.15, -0.1) is 0 Å². The third-order valence-electron chi connectivity index (χ3n) is 5.07. The zero-order valence-corrected chi connectivity index (χ0v) is 17.9. The van der Waals surface area contributed by atoms with Crippen molar-refractivity contribution >= 4 is 17.6 Å². The van der Waals surface area contributed by atoms with Crippen molar-refractivity contribution in [2.45, 2.75) is 64.7 Å². The number of ether oxygens (including phenoxy) is 1. The van der Waals surface area contributed by atoms with E-state index in [-0.39, 0.29) is 22.9 Å². The van der Waals surface area contributed by atoms with Crippen molar-refractivity contribution in [3.63, 3.8) is 0 Å². The average Bonchev–Trinajstić information content (AvgIpc) is 2.76. The summed E-state index contributed by atoms with van der Waals surface area (Å²) < 4.78 is 5.02. The quantitative estimate of drug-likeness (QED) is 0.411. The molecule has 2 aromatic rings. The molecule has 162 valence electrons. The lowest BCUT2D eigenvalue weighted by molar-refractivity contribution is 0.0686. The molecule has 0 saturated carbocycles. The van der Waals surface area contributed by atoms with Crippen LogP contribution in [0.5, 0.6) is 5.75 Å². The number of hydrogen-bond donors (Lipinski definition) is 2. The Morgan fingerprint density at radius 3 is 2.23 bits per heavy atom. The Morgan fingerprint density at radius 1 is 1.00 bits per heavy atom. The SMILES string of the molecule is CCCCCCCCCCc1ccc(NC(=O)c2cnc(C(=O)O)c(OC)c2)cc1. The molecular formula is C24H32N2O4. The van der Waals surface area contributed by atoms with Crippen molar-refractivity contribution in [2.24, 2.45) is 0 Å². The largest absolute Gasteiger partial charge is 0.494 e. The zero-order chi connectivity index (χ0) is 21.8. The molecule has 0 saturated heterocycles. The highest BCUT2D eigenvalue weighted by Crippen LogP contribution is 2.19. The molecule has 0 unspecified atom stereocenters. The summed E-state index contributed by atoms with van der Waals surface area (Å²) in [4.78, 5) is 27.3. The van der Waals surface area contributed by atoms with Crippen LogP contribution in [-0.2, 0) is 6.42 Å². The van der Waals surface area contributed by atoms with Gasteiger partial charge in [0.15, 0.2) is 11.4 Å². The van der Waals surface area contributed by atoms with Gasteiger partial charge in [-0.2, -0.15) is 0 Å².